The molecule has 0 bridgehead atoms. The molecular formula is C35H38F3N7O4. The molecule has 2 aliphatic rings. The summed E-state index contributed by atoms with van der Waals surface area (Å²) in [5.74, 6) is -0.525. The highest BCUT2D eigenvalue weighted by Gasteiger charge is 2.46. The van der Waals surface area contributed by atoms with E-state index in [0.29, 0.717) is 54.3 Å². The van der Waals surface area contributed by atoms with Gasteiger partial charge in [0.25, 0.3) is 5.91 Å². The highest BCUT2D eigenvalue weighted by Crippen LogP contribution is 2.42. The van der Waals surface area contributed by atoms with Crippen molar-refractivity contribution in [3.8, 4) is 22.7 Å². The first kappa shape index (κ1) is 33.9. The van der Waals surface area contributed by atoms with E-state index in [-0.39, 0.29) is 34.3 Å². The number of aliphatic carboxylic acids is 1. The highest BCUT2D eigenvalue weighted by molar-refractivity contribution is 5.94. The van der Waals surface area contributed by atoms with Crippen molar-refractivity contribution in [3.63, 3.8) is 0 Å². The number of piperidine rings is 1. The lowest BCUT2D eigenvalue weighted by atomic mass is 9.76. The number of amides is 1. The smallest absolute Gasteiger partial charge is 0.429 e. The van der Waals surface area contributed by atoms with Crippen LogP contribution in [0.3, 0.4) is 0 Å². The standard InChI is InChI=1S/C35H38F3N7O4/c1-21-11-14-45(42-21)28-17-25(23-5-7-24(8-6-23)32(46)43(3)4)9-10-26(28)31(35(36,37)38)49-30-18-29(40-22(2)41-30)44-15-12-34(13-16-44)19-27(33(47)48)39-20-34/h5-11,14,17-18,27,31,39H,12-13,15-16,19-20H2,1-4H3,(H,47,48)/t27-,31?/m0/s1. The van der Waals surface area contributed by atoms with Crippen LogP contribution in [-0.4, -0.2) is 87.6 Å². The van der Waals surface area contributed by atoms with Gasteiger partial charge in [0, 0.05) is 57.1 Å². The summed E-state index contributed by atoms with van der Waals surface area (Å²) in [6.07, 6.45) is -3.62. The summed E-state index contributed by atoms with van der Waals surface area (Å²) in [7, 11) is 3.32. The zero-order valence-corrected chi connectivity index (χ0v) is 27.7. The zero-order valence-electron chi connectivity index (χ0n) is 27.7. The van der Waals surface area contributed by atoms with Crippen LogP contribution in [0.4, 0.5) is 19.0 Å². The number of carbonyl (C=O) groups excluding carboxylic acids is 1. The average molecular weight is 678 g/mol. The molecule has 2 fully saturated rings. The van der Waals surface area contributed by atoms with Gasteiger partial charge in [-0.2, -0.15) is 23.3 Å². The topological polar surface area (TPSA) is 126 Å². The summed E-state index contributed by atoms with van der Waals surface area (Å²) in [6.45, 7) is 5.11. The van der Waals surface area contributed by atoms with E-state index in [0.717, 1.165) is 12.8 Å². The second kappa shape index (κ2) is 13.1. The second-order valence-electron chi connectivity index (χ2n) is 13.1. The molecule has 1 unspecified atom stereocenters. The Kier molecular flexibility index (Phi) is 9.09. The van der Waals surface area contributed by atoms with Gasteiger partial charge in [-0.15, -0.1) is 0 Å². The molecule has 1 spiro atoms. The number of hydrogen-bond donors (Lipinski definition) is 2. The minimum Gasteiger partial charge on any atom is -0.480 e. The third-order valence-electron chi connectivity index (χ3n) is 9.30. The van der Waals surface area contributed by atoms with Gasteiger partial charge in [0.2, 0.25) is 12.0 Å². The predicted molar refractivity (Wildman–Crippen MR) is 176 cm³/mol. The van der Waals surface area contributed by atoms with E-state index in [4.69, 9.17) is 4.74 Å². The van der Waals surface area contributed by atoms with Crippen LogP contribution in [0.1, 0.15) is 52.8 Å². The Balaban J connectivity index is 1.30. The molecule has 2 aromatic carbocycles. The Bertz CT molecular complexity index is 1850. The van der Waals surface area contributed by atoms with Gasteiger partial charge in [-0.1, -0.05) is 24.3 Å². The third kappa shape index (κ3) is 7.24. The maximum absolute atomic E-state index is 14.9. The lowest BCUT2D eigenvalue weighted by Gasteiger charge is -2.39. The van der Waals surface area contributed by atoms with Crippen molar-refractivity contribution in [3.05, 3.63) is 83.4 Å². The summed E-state index contributed by atoms with van der Waals surface area (Å²) in [5.41, 5.74) is 2.34. The summed E-state index contributed by atoms with van der Waals surface area (Å²) in [5, 5.41) is 16.9. The van der Waals surface area contributed by atoms with Gasteiger partial charge in [0.15, 0.2) is 0 Å². The van der Waals surface area contributed by atoms with E-state index in [1.54, 1.807) is 76.6 Å². The number of hydrogen-bond acceptors (Lipinski definition) is 8. The Hall–Kier alpha value is -4.98. The highest BCUT2D eigenvalue weighted by atomic mass is 19.4. The number of nitrogens with one attached hydrogen (secondary N) is 1. The summed E-state index contributed by atoms with van der Waals surface area (Å²) in [4.78, 5) is 36.0. The fraction of sp³-hybridized carbons (Fsp3) is 0.400. The fourth-order valence-electron chi connectivity index (χ4n) is 6.61. The molecule has 2 N–H and O–H groups in total. The molecule has 49 heavy (non-hydrogen) atoms. The first-order chi connectivity index (χ1) is 23.2. The van der Waals surface area contributed by atoms with E-state index in [1.165, 1.54) is 21.7 Å². The first-order valence-electron chi connectivity index (χ1n) is 16.0. The number of ether oxygens (including phenoxy) is 1. The Morgan fingerprint density at radius 1 is 1.02 bits per heavy atom. The first-order valence-corrected chi connectivity index (χ1v) is 16.0. The Morgan fingerprint density at radius 3 is 2.31 bits per heavy atom. The summed E-state index contributed by atoms with van der Waals surface area (Å²) >= 11 is 0. The molecule has 0 saturated carbocycles. The number of carboxylic acids is 1. The minimum absolute atomic E-state index is 0.137. The second-order valence-corrected chi connectivity index (χ2v) is 13.1. The lowest BCUT2D eigenvalue weighted by Crippen LogP contribution is -2.41. The third-order valence-corrected chi connectivity index (χ3v) is 9.30. The number of aromatic nitrogens is 4. The summed E-state index contributed by atoms with van der Waals surface area (Å²) in [6, 6.07) is 14.0. The quantitative estimate of drug-likeness (QED) is 0.254. The Labute approximate surface area is 281 Å². The van der Waals surface area contributed by atoms with Crippen LogP contribution in [0, 0.1) is 19.3 Å². The van der Waals surface area contributed by atoms with Crippen LogP contribution in [0.25, 0.3) is 16.8 Å². The molecule has 11 nitrogen and oxygen atoms in total. The number of rotatable bonds is 8. The van der Waals surface area contributed by atoms with Gasteiger partial charge in [0.05, 0.1) is 11.4 Å². The van der Waals surface area contributed by atoms with Gasteiger partial charge in [-0.05, 0) is 73.9 Å². The number of nitrogens with zero attached hydrogens (tertiary/aromatic N) is 6. The number of aryl methyl sites for hydroxylation is 2. The molecule has 1 amide bonds. The zero-order chi connectivity index (χ0) is 35.1. The van der Waals surface area contributed by atoms with E-state index in [1.807, 2.05) is 4.90 Å². The number of carbonyl (C=O) groups is 2. The van der Waals surface area contributed by atoms with Crippen LogP contribution in [-0.2, 0) is 4.79 Å². The maximum atomic E-state index is 14.9. The van der Waals surface area contributed by atoms with Crippen molar-refractivity contribution in [1.82, 2.24) is 30.0 Å². The number of halogens is 3. The lowest BCUT2D eigenvalue weighted by molar-refractivity contribution is -0.198. The Morgan fingerprint density at radius 2 is 1.71 bits per heavy atom. The maximum Gasteiger partial charge on any atom is 0.429 e. The van der Waals surface area contributed by atoms with Crippen molar-refractivity contribution in [1.29, 1.82) is 0 Å². The molecule has 6 rings (SSSR count). The molecule has 258 valence electrons. The van der Waals surface area contributed by atoms with Crippen LogP contribution >= 0.6 is 0 Å². The van der Waals surface area contributed by atoms with Crippen LogP contribution in [0.15, 0.2) is 60.8 Å². The van der Waals surface area contributed by atoms with Crippen molar-refractivity contribution in [2.75, 3.05) is 38.6 Å². The van der Waals surface area contributed by atoms with E-state index >= 15 is 0 Å². The average Bonchev–Trinajstić information content (AvgIpc) is 3.69. The molecule has 0 aliphatic carbocycles. The molecular weight excluding hydrogens is 639 g/mol. The van der Waals surface area contributed by atoms with Gasteiger partial charge in [-0.3, -0.25) is 9.59 Å². The molecule has 4 heterocycles. The number of carboxylic acid groups (broad SMARTS) is 1. The van der Waals surface area contributed by atoms with Crippen LogP contribution in [0.5, 0.6) is 5.88 Å². The van der Waals surface area contributed by atoms with Gasteiger partial charge in [0.1, 0.15) is 17.7 Å². The van der Waals surface area contributed by atoms with Crippen molar-refractivity contribution in [2.45, 2.75) is 51.4 Å². The van der Waals surface area contributed by atoms with Crippen molar-refractivity contribution in [2.24, 2.45) is 5.41 Å². The van der Waals surface area contributed by atoms with Gasteiger partial charge < -0.3 is 25.0 Å². The molecule has 4 aromatic rings. The van der Waals surface area contributed by atoms with Gasteiger partial charge in [-0.25, -0.2) is 9.67 Å². The molecule has 14 heteroatoms. The monoisotopic (exact) mass is 677 g/mol. The molecule has 2 aliphatic heterocycles. The number of alkyl halides is 3. The minimum atomic E-state index is -4.82. The van der Waals surface area contributed by atoms with Crippen LogP contribution in [0.2, 0.25) is 0 Å². The number of anilines is 1. The molecule has 2 aromatic heterocycles. The van der Waals surface area contributed by atoms with E-state index in [9.17, 15) is 27.9 Å². The van der Waals surface area contributed by atoms with E-state index in [2.05, 4.69) is 20.4 Å². The largest absolute Gasteiger partial charge is 0.480 e. The molecule has 0 radical (unpaired) electrons. The SMILES string of the molecule is Cc1ccn(-c2cc(-c3ccc(C(=O)N(C)C)cc3)ccc2C(Oc2cc(N3CCC4(CC3)CN[C@H](C(=O)O)C4)nc(C)n2)C(F)(F)F)n1. The molecule has 2 saturated heterocycles. The number of benzene rings is 2. The van der Waals surface area contributed by atoms with Crippen molar-refractivity contribution >= 4 is 17.7 Å². The predicted octanol–water partition coefficient (Wildman–Crippen LogP) is 5.36. The van der Waals surface area contributed by atoms with Gasteiger partial charge >= 0.3 is 12.1 Å². The molecule has 2 atom stereocenters. The van der Waals surface area contributed by atoms with Crippen molar-refractivity contribution < 1.29 is 32.6 Å². The van der Waals surface area contributed by atoms with Crippen LogP contribution < -0.4 is 15.0 Å². The fourth-order valence-corrected chi connectivity index (χ4v) is 6.61. The van der Waals surface area contributed by atoms with E-state index < -0.39 is 24.3 Å². The summed E-state index contributed by atoms with van der Waals surface area (Å²) < 4.78 is 51.9. The normalized spacial score (nSPS) is 18.0.